The molecule has 1 atom stereocenters. The van der Waals surface area contributed by atoms with Crippen LogP contribution in [0.1, 0.15) is 6.42 Å². The molecule has 13 heavy (non-hydrogen) atoms. The van der Waals surface area contributed by atoms with Gasteiger partial charge in [0.2, 0.25) is 0 Å². The highest BCUT2D eigenvalue weighted by atomic mass is 32.2. The highest BCUT2D eigenvalue weighted by molar-refractivity contribution is 8.04. The number of nitrogens with two attached hydrogens (primary N) is 1. The van der Waals surface area contributed by atoms with E-state index < -0.39 is 0 Å². The zero-order chi connectivity index (χ0) is 9.84. The summed E-state index contributed by atoms with van der Waals surface area (Å²) in [5, 5.41) is 0.280. The van der Waals surface area contributed by atoms with Gasteiger partial charge < -0.3 is 15.4 Å². The number of carbonyl (C=O) groups is 1. The van der Waals surface area contributed by atoms with E-state index in [0.29, 0.717) is 11.5 Å². The molecule has 0 saturated heterocycles. The Bertz CT molecular complexity index is 230. The van der Waals surface area contributed by atoms with Gasteiger partial charge in [-0.15, -0.1) is 0 Å². The third-order valence-corrected chi connectivity index (χ3v) is 3.25. The quantitative estimate of drug-likeness (QED) is 0.715. The van der Waals surface area contributed by atoms with Gasteiger partial charge in [-0.05, 0) is 0 Å². The molecule has 0 saturated carbocycles. The summed E-state index contributed by atoms with van der Waals surface area (Å²) in [5.41, 5.74) is 5.16. The van der Waals surface area contributed by atoms with Crippen LogP contribution in [-0.4, -0.2) is 36.9 Å². The first-order valence-electron chi connectivity index (χ1n) is 4.04. The van der Waals surface area contributed by atoms with Crippen molar-refractivity contribution in [1.29, 1.82) is 0 Å². The molecular formula is C8H14N2O2S. The van der Waals surface area contributed by atoms with Crippen molar-refractivity contribution in [3.05, 3.63) is 11.1 Å². The molecule has 1 unspecified atom stereocenters. The molecule has 0 fully saturated rings. The molecule has 1 rings (SSSR count). The molecule has 0 spiro atoms. The molecule has 1 heterocycles. The number of rotatable bonds is 4. The van der Waals surface area contributed by atoms with Gasteiger partial charge in [-0.3, -0.25) is 4.79 Å². The minimum absolute atomic E-state index is 0.280. The van der Waals surface area contributed by atoms with Crippen LogP contribution in [0.25, 0.3) is 0 Å². The topological polar surface area (TPSA) is 55.6 Å². The number of hydrogen-bond donors (Lipinski definition) is 1. The Balaban J connectivity index is 2.44. The third-order valence-electron chi connectivity index (χ3n) is 1.85. The summed E-state index contributed by atoms with van der Waals surface area (Å²) in [6, 6.07) is 0. The van der Waals surface area contributed by atoms with Crippen molar-refractivity contribution in [2.45, 2.75) is 11.8 Å². The van der Waals surface area contributed by atoms with E-state index in [1.165, 1.54) is 11.8 Å². The number of hydrogen-bond acceptors (Lipinski definition) is 4. The molecule has 1 amide bonds. The molecule has 4 nitrogen and oxygen atoms in total. The van der Waals surface area contributed by atoms with E-state index in [4.69, 9.17) is 10.5 Å². The number of primary amides is 1. The average Bonchev–Trinajstić information content (AvgIpc) is 2.44. The molecular weight excluding hydrogens is 188 g/mol. The summed E-state index contributed by atoms with van der Waals surface area (Å²) in [6.07, 6.45) is 2.68. The number of thioether (sulfide) groups is 1. The minimum atomic E-state index is -0.350. The van der Waals surface area contributed by atoms with E-state index in [0.717, 1.165) is 6.42 Å². The number of amides is 1. The molecule has 0 aromatic heterocycles. The number of ether oxygens (including phenoxy) is 1. The maximum Gasteiger partial charge on any atom is 0.256 e. The molecule has 2 N–H and O–H groups in total. The largest absolute Gasteiger partial charge is 0.385 e. The molecule has 74 valence electrons. The van der Waals surface area contributed by atoms with Crippen LogP contribution in [0.2, 0.25) is 0 Å². The lowest BCUT2D eigenvalue weighted by molar-refractivity contribution is -0.113. The highest BCUT2D eigenvalue weighted by Gasteiger charge is 2.24. The van der Waals surface area contributed by atoms with Crippen molar-refractivity contribution >= 4 is 17.7 Å². The molecule has 1 aliphatic heterocycles. The summed E-state index contributed by atoms with van der Waals surface area (Å²) < 4.78 is 4.97. The fourth-order valence-corrected chi connectivity index (χ4v) is 2.21. The predicted molar refractivity (Wildman–Crippen MR) is 52.9 cm³/mol. The van der Waals surface area contributed by atoms with Crippen LogP contribution in [0.3, 0.4) is 0 Å². The first-order valence-corrected chi connectivity index (χ1v) is 4.92. The SMILES string of the molecule is COCCC1SC(C(N)=O)=CN1C. The van der Waals surface area contributed by atoms with Crippen LogP contribution < -0.4 is 5.73 Å². The Hall–Kier alpha value is -0.680. The van der Waals surface area contributed by atoms with Gasteiger partial charge in [-0.1, -0.05) is 11.8 Å². The van der Waals surface area contributed by atoms with Gasteiger partial charge in [0.1, 0.15) is 0 Å². The summed E-state index contributed by atoms with van der Waals surface area (Å²) in [6.45, 7) is 0.696. The smallest absolute Gasteiger partial charge is 0.256 e. The average molecular weight is 202 g/mol. The van der Waals surface area contributed by atoms with Gasteiger partial charge in [0.05, 0.1) is 10.3 Å². The highest BCUT2D eigenvalue weighted by Crippen LogP contribution is 2.32. The zero-order valence-electron chi connectivity index (χ0n) is 7.82. The van der Waals surface area contributed by atoms with Crippen LogP contribution in [-0.2, 0) is 9.53 Å². The van der Waals surface area contributed by atoms with Gasteiger partial charge in [0, 0.05) is 33.4 Å². The van der Waals surface area contributed by atoms with Crippen molar-refractivity contribution in [2.75, 3.05) is 20.8 Å². The van der Waals surface area contributed by atoms with Gasteiger partial charge in [-0.25, -0.2) is 0 Å². The second-order valence-electron chi connectivity index (χ2n) is 2.88. The Morgan fingerprint density at radius 1 is 1.85 bits per heavy atom. The van der Waals surface area contributed by atoms with Crippen LogP contribution in [0, 0.1) is 0 Å². The number of methoxy groups -OCH3 is 1. The molecule has 0 aromatic carbocycles. The maximum absolute atomic E-state index is 10.8. The second-order valence-corrected chi connectivity index (χ2v) is 4.10. The van der Waals surface area contributed by atoms with E-state index in [1.54, 1.807) is 13.3 Å². The van der Waals surface area contributed by atoms with E-state index in [-0.39, 0.29) is 11.3 Å². The predicted octanol–water partition coefficient (Wildman–Crippen LogP) is 0.354. The Morgan fingerprint density at radius 3 is 3.00 bits per heavy atom. The summed E-state index contributed by atoms with van der Waals surface area (Å²) >= 11 is 1.50. The van der Waals surface area contributed by atoms with E-state index in [1.807, 2.05) is 11.9 Å². The molecule has 0 bridgehead atoms. The summed E-state index contributed by atoms with van der Waals surface area (Å²) in [7, 11) is 3.60. The minimum Gasteiger partial charge on any atom is -0.385 e. The maximum atomic E-state index is 10.8. The van der Waals surface area contributed by atoms with Crippen LogP contribution >= 0.6 is 11.8 Å². The van der Waals surface area contributed by atoms with E-state index >= 15 is 0 Å². The molecule has 0 aliphatic carbocycles. The first-order chi connectivity index (χ1) is 6.15. The zero-order valence-corrected chi connectivity index (χ0v) is 8.63. The monoisotopic (exact) mass is 202 g/mol. The van der Waals surface area contributed by atoms with Crippen LogP contribution in [0.4, 0.5) is 0 Å². The van der Waals surface area contributed by atoms with E-state index in [9.17, 15) is 4.79 Å². The first kappa shape index (κ1) is 10.4. The lowest BCUT2D eigenvalue weighted by Gasteiger charge is -2.18. The summed E-state index contributed by atoms with van der Waals surface area (Å²) in [5.74, 6) is -0.350. The molecule has 1 aliphatic rings. The van der Waals surface area contributed by atoms with Gasteiger partial charge >= 0.3 is 0 Å². The fourth-order valence-electron chi connectivity index (χ4n) is 1.13. The Kier molecular flexibility index (Phi) is 3.62. The van der Waals surface area contributed by atoms with Crippen LogP contribution in [0.15, 0.2) is 11.1 Å². The second kappa shape index (κ2) is 4.53. The number of carbonyl (C=O) groups excluding carboxylic acids is 1. The standard InChI is InChI=1S/C8H14N2O2S/c1-10-5-6(8(9)11)13-7(10)3-4-12-2/h5,7H,3-4H2,1-2H3,(H2,9,11). The van der Waals surface area contributed by atoms with Crippen molar-refractivity contribution < 1.29 is 9.53 Å². The molecule has 5 heteroatoms. The lowest BCUT2D eigenvalue weighted by atomic mass is 10.4. The molecule has 0 aromatic rings. The van der Waals surface area contributed by atoms with Crippen molar-refractivity contribution in [3.8, 4) is 0 Å². The van der Waals surface area contributed by atoms with E-state index in [2.05, 4.69) is 0 Å². The normalized spacial score (nSPS) is 21.8. The molecule has 0 radical (unpaired) electrons. The lowest BCUT2D eigenvalue weighted by Crippen LogP contribution is -2.21. The Morgan fingerprint density at radius 2 is 2.54 bits per heavy atom. The summed E-state index contributed by atoms with van der Waals surface area (Å²) in [4.78, 5) is 13.5. The fraction of sp³-hybridized carbons (Fsp3) is 0.625. The van der Waals surface area contributed by atoms with Gasteiger partial charge in [-0.2, -0.15) is 0 Å². The van der Waals surface area contributed by atoms with Crippen molar-refractivity contribution in [1.82, 2.24) is 4.90 Å². The van der Waals surface area contributed by atoms with Crippen molar-refractivity contribution in [2.24, 2.45) is 5.73 Å². The van der Waals surface area contributed by atoms with Gasteiger partial charge in [0.15, 0.2) is 0 Å². The van der Waals surface area contributed by atoms with Crippen LogP contribution in [0.5, 0.6) is 0 Å². The Labute approximate surface area is 82.1 Å². The van der Waals surface area contributed by atoms with Crippen molar-refractivity contribution in [3.63, 3.8) is 0 Å². The number of nitrogens with zero attached hydrogens (tertiary/aromatic N) is 1. The van der Waals surface area contributed by atoms with Gasteiger partial charge in [0.25, 0.3) is 5.91 Å². The third kappa shape index (κ3) is 2.63.